The van der Waals surface area contributed by atoms with Crippen molar-refractivity contribution < 1.29 is 4.74 Å². The first-order valence-electron chi connectivity index (χ1n) is 5.22. The highest BCUT2D eigenvalue weighted by atomic mass is 16.5. The first-order valence-corrected chi connectivity index (χ1v) is 5.22. The van der Waals surface area contributed by atoms with Crippen LogP contribution in [0.4, 0.5) is 0 Å². The molecule has 0 saturated carbocycles. The highest BCUT2D eigenvalue weighted by Gasteiger charge is 2.06. The Morgan fingerprint density at radius 2 is 2.20 bits per heavy atom. The molecule has 2 rings (SSSR count). The number of benzene rings is 1. The molecule has 0 radical (unpaired) electrons. The minimum absolute atomic E-state index is 0.584. The molecule has 1 aromatic carbocycles. The van der Waals surface area contributed by atoms with Crippen molar-refractivity contribution in [2.45, 2.75) is 20.5 Å². The lowest BCUT2D eigenvalue weighted by atomic mass is 10.2. The zero-order valence-electron chi connectivity index (χ0n) is 9.45. The third kappa shape index (κ3) is 1.88. The van der Waals surface area contributed by atoms with Crippen LogP contribution in [0.2, 0.25) is 0 Å². The van der Waals surface area contributed by atoms with Crippen molar-refractivity contribution in [3.05, 3.63) is 29.6 Å². The molecule has 0 N–H and O–H groups in total. The lowest BCUT2D eigenvalue weighted by Crippen LogP contribution is -2.00. The zero-order valence-corrected chi connectivity index (χ0v) is 9.45. The molecule has 15 heavy (non-hydrogen) atoms. The van der Waals surface area contributed by atoms with Gasteiger partial charge in [-0.2, -0.15) is 0 Å². The van der Waals surface area contributed by atoms with Crippen LogP contribution in [0, 0.1) is 6.92 Å². The number of imidazole rings is 1. The summed E-state index contributed by atoms with van der Waals surface area (Å²) in [5, 5.41) is 0. The molecule has 0 saturated heterocycles. The second kappa shape index (κ2) is 4.03. The van der Waals surface area contributed by atoms with Crippen molar-refractivity contribution in [2.75, 3.05) is 6.61 Å². The number of aryl methyl sites for hydroxylation is 2. The van der Waals surface area contributed by atoms with Gasteiger partial charge in [-0.05, 0) is 31.5 Å². The Morgan fingerprint density at radius 1 is 1.40 bits per heavy atom. The summed E-state index contributed by atoms with van der Waals surface area (Å²) in [6, 6.07) is 6.31. The normalized spacial score (nSPS) is 11.1. The molecule has 0 unspecified atom stereocenters. The number of rotatable bonds is 3. The summed E-state index contributed by atoms with van der Waals surface area (Å²) in [5.74, 6) is 0.984. The molecule has 1 aromatic heterocycles. The van der Waals surface area contributed by atoms with Crippen LogP contribution in [0.1, 0.15) is 18.3 Å². The molecule has 1 heterocycles. The van der Waals surface area contributed by atoms with Crippen molar-refractivity contribution in [1.82, 2.24) is 9.55 Å². The Balaban J connectivity index is 2.44. The van der Waals surface area contributed by atoms with Gasteiger partial charge < -0.3 is 9.30 Å². The molecule has 3 heteroatoms. The monoisotopic (exact) mass is 204 g/mol. The first-order chi connectivity index (χ1) is 7.22. The predicted molar refractivity (Wildman–Crippen MR) is 60.8 cm³/mol. The molecule has 0 aliphatic heterocycles. The fourth-order valence-corrected chi connectivity index (χ4v) is 1.68. The largest absolute Gasteiger partial charge is 0.374 e. The number of aromatic nitrogens is 2. The second-order valence-electron chi connectivity index (χ2n) is 3.72. The number of fused-ring (bicyclic) bond motifs is 1. The summed E-state index contributed by atoms with van der Waals surface area (Å²) in [6.45, 7) is 5.38. The van der Waals surface area contributed by atoms with E-state index in [2.05, 4.69) is 34.7 Å². The highest BCUT2D eigenvalue weighted by Crippen LogP contribution is 2.16. The summed E-state index contributed by atoms with van der Waals surface area (Å²) >= 11 is 0. The van der Waals surface area contributed by atoms with E-state index in [-0.39, 0.29) is 0 Å². The van der Waals surface area contributed by atoms with Crippen LogP contribution in [0.5, 0.6) is 0 Å². The van der Waals surface area contributed by atoms with E-state index in [4.69, 9.17) is 4.74 Å². The smallest absolute Gasteiger partial charge is 0.135 e. The lowest BCUT2D eigenvalue weighted by Gasteiger charge is -2.01. The van der Waals surface area contributed by atoms with Gasteiger partial charge in [0.15, 0.2) is 0 Å². The van der Waals surface area contributed by atoms with E-state index < -0.39 is 0 Å². The average molecular weight is 204 g/mol. The van der Waals surface area contributed by atoms with Crippen molar-refractivity contribution in [3.63, 3.8) is 0 Å². The van der Waals surface area contributed by atoms with Crippen LogP contribution in [0.25, 0.3) is 11.0 Å². The summed E-state index contributed by atoms with van der Waals surface area (Å²) in [5.41, 5.74) is 3.45. The van der Waals surface area contributed by atoms with Gasteiger partial charge in [0.1, 0.15) is 12.4 Å². The highest BCUT2D eigenvalue weighted by molar-refractivity contribution is 5.76. The zero-order chi connectivity index (χ0) is 10.8. The van der Waals surface area contributed by atoms with Crippen LogP contribution < -0.4 is 0 Å². The molecular formula is C12H16N2O. The van der Waals surface area contributed by atoms with E-state index in [1.54, 1.807) is 0 Å². The molecule has 3 nitrogen and oxygen atoms in total. The van der Waals surface area contributed by atoms with Gasteiger partial charge in [-0.25, -0.2) is 4.98 Å². The molecule has 2 aromatic rings. The van der Waals surface area contributed by atoms with Gasteiger partial charge in [0.05, 0.1) is 11.0 Å². The van der Waals surface area contributed by atoms with Crippen molar-refractivity contribution >= 4 is 11.0 Å². The minimum atomic E-state index is 0.584. The second-order valence-corrected chi connectivity index (χ2v) is 3.72. The summed E-state index contributed by atoms with van der Waals surface area (Å²) in [6.07, 6.45) is 0. The van der Waals surface area contributed by atoms with Gasteiger partial charge in [-0.15, -0.1) is 0 Å². The third-order valence-corrected chi connectivity index (χ3v) is 2.56. The van der Waals surface area contributed by atoms with Crippen LogP contribution in [0.3, 0.4) is 0 Å². The van der Waals surface area contributed by atoms with E-state index >= 15 is 0 Å². The Morgan fingerprint density at radius 3 is 2.93 bits per heavy atom. The van der Waals surface area contributed by atoms with Crippen LogP contribution in [0.15, 0.2) is 18.2 Å². The van der Waals surface area contributed by atoms with Gasteiger partial charge in [0.2, 0.25) is 0 Å². The summed E-state index contributed by atoms with van der Waals surface area (Å²) in [4.78, 5) is 4.55. The summed E-state index contributed by atoms with van der Waals surface area (Å²) in [7, 11) is 2.03. The molecular weight excluding hydrogens is 188 g/mol. The fourth-order valence-electron chi connectivity index (χ4n) is 1.68. The van der Waals surface area contributed by atoms with E-state index in [1.807, 2.05) is 14.0 Å². The number of nitrogens with zero attached hydrogens (tertiary/aromatic N) is 2. The number of ether oxygens (including phenoxy) is 1. The molecule has 0 bridgehead atoms. The molecule has 0 amide bonds. The van der Waals surface area contributed by atoms with E-state index in [0.29, 0.717) is 6.61 Å². The minimum Gasteiger partial charge on any atom is -0.374 e. The molecule has 80 valence electrons. The first kappa shape index (κ1) is 10.2. The van der Waals surface area contributed by atoms with Crippen LogP contribution >= 0.6 is 0 Å². The number of hydrogen-bond acceptors (Lipinski definition) is 2. The number of hydrogen-bond donors (Lipinski definition) is 0. The van der Waals surface area contributed by atoms with Gasteiger partial charge in [0.25, 0.3) is 0 Å². The Bertz CT molecular complexity index is 474. The molecule has 0 spiro atoms. The van der Waals surface area contributed by atoms with E-state index in [1.165, 1.54) is 5.56 Å². The quantitative estimate of drug-likeness (QED) is 0.767. The SMILES string of the molecule is CCOCc1nc2cc(C)ccc2n1C. The van der Waals surface area contributed by atoms with Crippen molar-refractivity contribution in [1.29, 1.82) is 0 Å². The average Bonchev–Trinajstić information content (AvgIpc) is 2.52. The maximum atomic E-state index is 5.38. The van der Waals surface area contributed by atoms with Gasteiger partial charge >= 0.3 is 0 Å². The molecule has 0 fully saturated rings. The van der Waals surface area contributed by atoms with Crippen LogP contribution in [-0.4, -0.2) is 16.2 Å². The fraction of sp³-hybridized carbons (Fsp3) is 0.417. The molecule has 0 aliphatic carbocycles. The van der Waals surface area contributed by atoms with Crippen LogP contribution in [-0.2, 0) is 18.4 Å². The topological polar surface area (TPSA) is 27.1 Å². The third-order valence-electron chi connectivity index (χ3n) is 2.56. The van der Waals surface area contributed by atoms with Crippen molar-refractivity contribution in [2.24, 2.45) is 7.05 Å². The lowest BCUT2D eigenvalue weighted by molar-refractivity contribution is 0.126. The van der Waals surface area contributed by atoms with Crippen molar-refractivity contribution in [3.8, 4) is 0 Å². The Kier molecular flexibility index (Phi) is 2.73. The Hall–Kier alpha value is -1.35. The van der Waals surface area contributed by atoms with Gasteiger partial charge in [0, 0.05) is 13.7 Å². The standard InChI is InChI=1S/C12H16N2O/c1-4-15-8-12-13-10-7-9(2)5-6-11(10)14(12)3/h5-7H,4,8H2,1-3H3. The summed E-state index contributed by atoms with van der Waals surface area (Å²) < 4.78 is 7.46. The van der Waals surface area contributed by atoms with Gasteiger partial charge in [-0.1, -0.05) is 6.07 Å². The molecule has 0 atom stereocenters. The Labute approximate surface area is 89.7 Å². The predicted octanol–water partition coefficient (Wildman–Crippen LogP) is 2.42. The maximum Gasteiger partial charge on any atom is 0.135 e. The van der Waals surface area contributed by atoms with E-state index in [0.717, 1.165) is 23.5 Å². The van der Waals surface area contributed by atoms with Gasteiger partial charge in [-0.3, -0.25) is 0 Å². The molecule has 0 aliphatic rings. The van der Waals surface area contributed by atoms with E-state index in [9.17, 15) is 0 Å². The maximum absolute atomic E-state index is 5.38.